The van der Waals surface area contributed by atoms with Crippen LogP contribution in [0.25, 0.3) is 22.2 Å². The number of carbonyl (C=O) groups excluding carboxylic acids is 5. The number of ether oxygens (including phenoxy) is 3. The number of anilines is 3. The van der Waals surface area contributed by atoms with Gasteiger partial charge in [0.05, 0.1) is 33.7 Å². The number of nitro groups is 1. The Morgan fingerprint density at radius 2 is 1.56 bits per heavy atom. The number of piperidine rings is 1. The topological polar surface area (TPSA) is 280 Å². The first-order valence-electron chi connectivity index (χ1n) is 28.5. The van der Waals surface area contributed by atoms with Crippen LogP contribution in [0.2, 0.25) is 5.02 Å². The Labute approximate surface area is 501 Å². The highest BCUT2D eigenvalue weighted by molar-refractivity contribution is 7.90. The molecule has 1 unspecified atom stereocenters. The summed E-state index contributed by atoms with van der Waals surface area (Å²) in [7, 11) is -4.26. The van der Waals surface area contributed by atoms with Crippen LogP contribution in [0, 0.1) is 16.0 Å². The van der Waals surface area contributed by atoms with Crippen molar-refractivity contribution in [2.75, 3.05) is 74.6 Å². The van der Waals surface area contributed by atoms with E-state index in [-0.39, 0.29) is 52.3 Å². The quantitative estimate of drug-likeness (QED) is 0.0162. The monoisotopic (exact) mass is 1210 g/mol. The molecular weight excluding hydrogens is 1140 g/mol. The lowest BCUT2D eigenvalue weighted by Crippen LogP contribution is -2.54. The molecule has 5 N–H and O–H groups in total. The number of rotatable bonds is 22. The van der Waals surface area contributed by atoms with Crippen LogP contribution in [0.1, 0.15) is 77.6 Å². The summed E-state index contributed by atoms with van der Waals surface area (Å²) in [5, 5.41) is 22.0. The smallest absolute Gasteiger partial charge is 0.293 e. The van der Waals surface area contributed by atoms with Crippen LogP contribution < -0.4 is 36.1 Å². The molecule has 22 nitrogen and oxygen atoms in total. The fourth-order valence-electron chi connectivity index (χ4n) is 11.2. The molecule has 86 heavy (non-hydrogen) atoms. The van der Waals surface area contributed by atoms with Crippen molar-refractivity contribution in [3.05, 3.63) is 159 Å². The second-order valence-electron chi connectivity index (χ2n) is 21.2. The Kier molecular flexibility index (Phi) is 19.2. The van der Waals surface area contributed by atoms with Gasteiger partial charge < -0.3 is 35.5 Å². The number of hydrogen-bond acceptors (Lipinski definition) is 17. The minimum Gasteiger partial charge on any atom is -0.493 e. The third-order valence-electron chi connectivity index (χ3n) is 15.7. The molecular formula is C62H65ClN10O12S. The molecule has 2 aromatic heterocycles. The lowest BCUT2D eigenvalue weighted by molar-refractivity contribution is -0.384. The molecule has 0 saturated carbocycles. The number of fused-ring (bicyclic) bond motifs is 2. The molecule has 0 bridgehead atoms. The minimum atomic E-state index is -4.26. The van der Waals surface area contributed by atoms with E-state index < -0.39 is 44.6 Å². The molecule has 448 valence electrons. The zero-order valence-corrected chi connectivity index (χ0v) is 48.6. The summed E-state index contributed by atoms with van der Waals surface area (Å²) in [6.07, 6.45) is 8.39. The van der Waals surface area contributed by atoms with E-state index >= 15 is 0 Å². The third-order valence-corrected chi connectivity index (χ3v) is 17.6. The van der Waals surface area contributed by atoms with Crippen molar-refractivity contribution in [1.82, 2.24) is 24.1 Å². The summed E-state index contributed by atoms with van der Waals surface area (Å²) in [5.74, 6) is -0.0140. The molecule has 6 heterocycles. The second-order valence-corrected chi connectivity index (χ2v) is 23.5. The number of pyridine rings is 1. The summed E-state index contributed by atoms with van der Waals surface area (Å²) in [5.41, 5.74) is 9.46. The van der Waals surface area contributed by atoms with Crippen molar-refractivity contribution < 1.29 is 51.5 Å². The Morgan fingerprint density at radius 3 is 2.33 bits per heavy atom. The van der Waals surface area contributed by atoms with Crippen LogP contribution in [0.5, 0.6) is 17.2 Å². The maximum absolute atomic E-state index is 14.0. The number of halogens is 1. The Balaban J connectivity index is 0.00000268. The van der Waals surface area contributed by atoms with Gasteiger partial charge in [-0.25, -0.2) is 17.4 Å². The normalized spacial score (nSPS) is 16.5. The molecule has 24 heteroatoms. The number of nitro benzene ring substituents is 1. The second kappa shape index (κ2) is 27.4. The molecule has 0 spiro atoms. The largest absolute Gasteiger partial charge is 0.493 e. The molecule has 11 rings (SSSR count). The number of carbonyl (C=O) groups is 5. The zero-order valence-electron chi connectivity index (χ0n) is 47.0. The van der Waals surface area contributed by atoms with Gasteiger partial charge in [0.25, 0.3) is 27.5 Å². The number of amides is 5. The molecule has 0 aliphatic carbocycles. The number of nitrogens with two attached hydrogens (primary N) is 1. The van der Waals surface area contributed by atoms with Gasteiger partial charge in [-0.1, -0.05) is 60.8 Å². The Morgan fingerprint density at radius 1 is 0.814 bits per heavy atom. The van der Waals surface area contributed by atoms with Gasteiger partial charge in [-0.15, -0.1) is 0 Å². The number of nitrogens with one attached hydrogen (secondary N) is 3. The maximum atomic E-state index is 14.0. The van der Waals surface area contributed by atoms with Gasteiger partial charge in [0.2, 0.25) is 18.2 Å². The number of nitrogens with zero attached hydrogens (tertiary/aromatic N) is 6. The van der Waals surface area contributed by atoms with Crippen molar-refractivity contribution >= 4 is 85.4 Å². The predicted octanol–water partition coefficient (Wildman–Crippen LogP) is 9.01. The first-order valence-corrected chi connectivity index (χ1v) is 30.3. The molecule has 5 amide bonds. The lowest BCUT2D eigenvalue weighted by atomic mass is 9.98. The van der Waals surface area contributed by atoms with Crippen LogP contribution in [0.15, 0.2) is 133 Å². The van der Waals surface area contributed by atoms with Gasteiger partial charge in [-0.05, 0) is 116 Å². The molecule has 4 aliphatic heterocycles. The highest BCUT2D eigenvalue weighted by Gasteiger charge is 2.45. The van der Waals surface area contributed by atoms with E-state index in [0.29, 0.717) is 73.0 Å². The summed E-state index contributed by atoms with van der Waals surface area (Å²) < 4.78 is 47.2. The van der Waals surface area contributed by atoms with Gasteiger partial charge in [0, 0.05) is 111 Å². The number of hydrogen-bond donors (Lipinski definition) is 4. The molecule has 5 aromatic carbocycles. The van der Waals surface area contributed by atoms with E-state index in [0.717, 1.165) is 108 Å². The molecule has 4 aliphatic rings. The van der Waals surface area contributed by atoms with Gasteiger partial charge in [0.1, 0.15) is 29.0 Å². The van der Waals surface area contributed by atoms with E-state index in [1.807, 2.05) is 60.7 Å². The highest BCUT2D eigenvalue weighted by Crippen LogP contribution is 2.37. The number of piperazine rings is 1. The van der Waals surface area contributed by atoms with Crippen molar-refractivity contribution in [3.63, 3.8) is 0 Å². The summed E-state index contributed by atoms with van der Waals surface area (Å²) in [6.45, 7) is 6.65. The zero-order chi connectivity index (χ0) is 60.3. The summed E-state index contributed by atoms with van der Waals surface area (Å²) >= 11 is 6.33. The van der Waals surface area contributed by atoms with E-state index in [2.05, 4.69) is 42.5 Å². The van der Waals surface area contributed by atoms with Gasteiger partial charge in [0.15, 0.2) is 5.65 Å². The lowest BCUT2D eigenvalue weighted by Gasteiger charge is -2.36. The average Bonchev–Trinajstić information content (AvgIpc) is 2.79. The number of primary amides is 1. The van der Waals surface area contributed by atoms with Crippen LogP contribution in [-0.4, -0.2) is 127 Å². The summed E-state index contributed by atoms with van der Waals surface area (Å²) in [6, 6.07) is 33.1. The van der Waals surface area contributed by atoms with E-state index in [9.17, 15) is 37.7 Å². The molecule has 0 radical (unpaired) electrons. The van der Waals surface area contributed by atoms with Crippen molar-refractivity contribution in [3.8, 4) is 28.4 Å². The molecule has 3 fully saturated rings. The van der Waals surface area contributed by atoms with Crippen molar-refractivity contribution in [1.29, 1.82) is 0 Å². The van der Waals surface area contributed by atoms with Crippen LogP contribution in [0.4, 0.5) is 22.7 Å². The number of benzene rings is 5. The fourth-order valence-corrected chi connectivity index (χ4v) is 12.7. The molecule has 3 saturated heterocycles. The number of unbranched alkanes of at least 4 members (excludes halogenated alkanes) is 3. The maximum Gasteiger partial charge on any atom is 0.293 e. The Bertz CT molecular complexity index is 3780. The van der Waals surface area contributed by atoms with Crippen LogP contribution in [-0.2, 0) is 35.7 Å². The van der Waals surface area contributed by atoms with Crippen molar-refractivity contribution in [2.24, 2.45) is 11.7 Å². The van der Waals surface area contributed by atoms with Crippen LogP contribution >= 0.6 is 11.6 Å². The third kappa shape index (κ3) is 13.8. The van der Waals surface area contributed by atoms with E-state index in [1.54, 1.807) is 30.3 Å². The number of imide groups is 2. The first kappa shape index (κ1) is 60.2. The fraction of sp³-hybridized carbons (Fsp3) is 0.323. The average molecular weight is 1210 g/mol. The van der Waals surface area contributed by atoms with E-state index in [1.165, 1.54) is 24.5 Å². The highest BCUT2D eigenvalue weighted by atomic mass is 35.5. The standard InChI is InChI=1S/C61H62ClN9O11S.CH3NO/c62-43-16-14-41(15-17-43)48-10-7-13-55(81-31-4-2-1-3-25-63-52-12-6-11-49-57(52)61(75)70(60(49)74)53-20-21-56(72)66-59(53)73)50(48)39-67-27-29-68(30-28-67)44-8-5-9-45(35-44)82-46-34-42-22-26-69(58(42)65-38-46)83(78,79)47-18-19-51(54(36-47)71(76)77)64-37-40-23-32-80-33-24-40;2-1-3/h5-19,22,26,34-36,38,40,53,63-64H,1-4,20-21,23-25,27-33,37,39H2,(H,66,72,73);1H,(H2,2,3). The summed E-state index contributed by atoms with van der Waals surface area (Å²) in [4.78, 5) is 81.2. The minimum absolute atomic E-state index is 0.0583. The first-order chi connectivity index (χ1) is 41.7. The Hall–Kier alpha value is -8.90. The van der Waals surface area contributed by atoms with E-state index in [4.69, 9.17) is 30.6 Å². The van der Waals surface area contributed by atoms with Gasteiger partial charge in [-0.3, -0.25) is 49.2 Å². The van der Waals surface area contributed by atoms with Gasteiger partial charge in [-0.2, -0.15) is 0 Å². The SMILES string of the molecule is NC=O.O=C1CCC(N2C(=O)c3cccc(NCCCCCCOc4cccc(-c5ccc(Cl)cc5)c4CN4CCN(c5cccc(Oc6cnc7c(ccn7S(=O)(=O)c7ccc(NCC8CCOCC8)c([N+](=O)[O-])c7)c6)c5)CC4)c3C2=O)C(=O)N1. The molecule has 1 atom stereocenters. The van der Waals surface area contributed by atoms with Crippen LogP contribution in [0.3, 0.4) is 0 Å². The molecule has 7 aromatic rings. The van der Waals surface area contributed by atoms with Crippen molar-refractivity contribution in [2.45, 2.75) is 68.8 Å². The predicted molar refractivity (Wildman–Crippen MR) is 324 cm³/mol. The van der Waals surface area contributed by atoms with Gasteiger partial charge >= 0.3 is 0 Å². The number of aromatic nitrogens is 2.